The van der Waals surface area contributed by atoms with Crippen molar-refractivity contribution >= 4 is 5.97 Å². The van der Waals surface area contributed by atoms with Crippen molar-refractivity contribution in [2.75, 3.05) is 7.11 Å². The van der Waals surface area contributed by atoms with Crippen LogP contribution in [0.5, 0.6) is 0 Å². The Balaban J connectivity index is 3.35. The lowest BCUT2D eigenvalue weighted by Gasteiger charge is -2.12. The topological polar surface area (TPSA) is 39.2 Å². The molecule has 1 aromatic rings. The summed E-state index contributed by atoms with van der Waals surface area (Å²) in [6.45, 7) is 0. The summed E-state index contributed by atoms with van der Waals surface area (Å²) in [7, 11) is 0.943. The van der Waals surface area contributed by atoms with Gasteiger partial charge >= 0.3 is 12.1 Å². The van der Waals surface area contributed by atoms with Crippen molar-refractivity contribution in [3.63, 3.8) is 0 Å². The van der Waals surface area contributed by atoms with E-state index in [4.69, 9.17) is 0 Å². The van der Waals surface area contributed by atoms with Crippen molar-refractivity contribution in [1.29, 1.82) is 0 Å². The fraction of sp³-hybridized carbons (Fsp3) is 0.333. The van der Waals surface area contributed by atoms with E-state index in [0.29, 0.717) is 6.07 Å². The summed E-state index contributed by atoms with van der Waals surface area (Å²) in [6, 6.07) is 1.26. The molecule has 0 radical (unpaired) electrons. The molecule has 94 valence electrons. The van der Waals surface area contributed by atoms with Crippen LogP contribution < -0.4 is 0 Å². The Hall–Kier alpha value is -1.73. The van der Waals surface area contributed by atoms with Gasteiger partial charge in [-0.2, -0.15) is 13.2 Å². The Labute approximate surface area is 92.2 Å². The number of alkyl halides is 5. The number of halogens is 5. The molecule has 0 aromatic carbocycles. The van der Waals surface area contributed by atoms with Crippen molar-refractivity contribution in [2.24, 2.45) is 0 Å². The van der Waals surface area contributed by atoms with E-state index in [-0.39, 0.29) is 0 Å². The largest absolute Gasteiger partial charge is 0.464 e. The van der Waals surface area contributed by atoms with E-state index < -0.39 is 35.5 Å². The zero-order chi connectivity index (χ0) is 13.2. The fourth-order valence-electron chi connectivity index (χ4n) is 1.09. The van der Waals surface area contributed by atoms with Gasteiger partial charge in [0, 0.05) is 5.56 Å². The van der Waals surface area contributed by atoms with Crippen LogP contribution in [-0.2, 0) is 10.9 Å². The molecular formula is C9H6F5NO2. The Bertz CT molecular complexity index is 430. The minimum absolute atomic E-state index is 0.507. The highest BCUT2D eigenvalue weighted by atomic mass is 19.4. The van der Waals surface area contributed by atoms with E-state index in [2.05, 4.69) is 9.72 Å². The number of hydrogen-bond donors (Lipinski definition) is 0. The number of carbonyl (C=O) groups is 1. The monoisotopic (exact) mass is 255 g/mol. The zero-order valence-electron chi connectivity index (χ0n) is 8.39. The van der Waals surface area contributed by atoms with Crippen molar-refractivity contribution in [2.45, 2.75) is 12.6 Å². The summed E-state index contributed by atoms with van der Waals surface area (Å²) in [5.74, 6) is -1.13. The van der Waals surface area contributed by atoms with Gasteiger partial charge in [-0.05, 0) is 12.1 Å². The average Bonchev–Trinajstić information content (AvgIpc) is 2.25. The fourth-order valence-corrected chi connectivity index (χ4v) is 1.09. The van der Waals surface area contributed by atoms with Crippen LogP contribution in [0.3, 0.4) is 0 Å². The molecule has 0 aliphatic rings. The van der Waals surface area contributed by atoms with Gasteiger partial charge in [0.05, 0.1) is 7.11 Å². The number of nitrogens with zero attached hydrogens (tertiary/aromatic N) is 1. The van der Waals surface area contributed by atoms with Crippen LogP contribution in [0.1, 0.15) is 28.2 Å². The maximum absolute atomic E-state index is 12.4. The first kappa shape index (κ1) is 13.3. The molecule has 0 aliphatic carbocycles. The van der Waals surface area contributed by atoms with Gasteiger partial charge in [0.2, 0.25) is 0 Å². The Morgan fingerprint density at radius 1 is 1.35 bits per heavy atom. The number of ether oxygens (including phenoxy) is 1. The maximum Gasteiger partial charge on any atom is 0.433 e. The highest BCUT2D eigenvalue weighted by Gasteiger charge is 2.38. The molecule has 0 saturated carbocycles. The molecule has 1 heterocycles. The van der Waals surface area contributed by atoms with E-state index in [1.807, 2.05) is 0 Å². The molecule has 0 amide bonds. The van der Waals surface area contributed by atoms with Crippen LogP contribution in [0.15, 0.2) is 12.1 Å². The highest BCUT2D eigenvalue weighted by molar-refractivity contribution is 5.87. The third-order valence-corrected chi connectivity index (χ3v) is 1.82. The van der Waals surface area contributed by atoms with Crippen LogP contribution in [0.2, 0.25) is 0 Å². The van der Waals surface area contributed by atoms with Crippen LogP contribution in [0, 0.1) is 0 Å². The number of hydrogen-bond acceptors (Lipinski definition) is 3. The van der Waals surface area contributed by atoms with Crippen molar-refractivity contribution in [1.82, 2.24) is 4.98 Å². The highest BCUT2D eigenvalue weighted by Crippen LogP contribution is 2.34. The van der Waals surface area contributed by atoms with Gasteiger partial charge in [-0.25, -0.2) is 18.6 Å². The number of carbonyl (C=O) groups excluding carboxylic acids is 1. The molecule has 1 rings (SSSR count). The maximum atomic E-state index is 12.4. The number of pyridine rings is 1. The Morgan fingerprint density at radius 2 is 1.94 bits per heavy atom. The Morgan fingerprint density at radius 3 is 2.35 bits per heavy atom. The lowest BCUT2D eigenvalue weighted by atomic mass is 10.1. The van der Waals surface area contributed by atoms with Gasteiger partial charge in [-0.15, -0.1) is 0 Å². The number of aromatic nitrogens is 1. The molecule has 17 heavy (non-hydrogen) atoms. The molecule has 0 unspecified atom stereocenters. The molecule has 0 aliphatic heterocycles. The van der Waals surface area contributed by atoms with Gasteiger partial charge < -0.3 is 4.74 Å². The average molecular weight is 255 g/mol. The molecule has 0 fully saturated rings. The van der Waals surface area contributed by atoms with E-state index in [9.17, 15) is 26.7 Å². The van der Waals surface area contributed by atoms with E-state index in [1.54, 1.807) is 0 Å². The van der Waals surface area contributed by atoms with Crippen LogP contribution in [0.25, 0.3) is 0 Å². The quantitative estimate of drug-likeness (QED) is 0.602. The molecular weight excluding hydrogens is 249 g/mol. The minimum Gasteiger partial charge on any atom is -0.464 e. The van der Waals surface area contributed by atoms with E-state index >= 15 is 0 Å². The number of esters is 1. The molecule has 8 heteroatoms. The van der Waals surface area contributed by atoms with Gasteiger partial charge in [-0.1, -0.05) is 0 Å². The molecule has 0 atom stereocenters. The number of methoxy groups -OCH3 is 1. The van der Waals surface area contributed by atoms with Gasteiger partial charge in [0.15, 0.2) is 5.69 Å². The van der Waals surface area contributed by atoms with Gasteiger partial charge in [-0.3, -0.25) is 0 Å². The number of rotatable bonds is 2. The van der Waals surface area contributed by atoms with E-state index in [1.165, 1.54) is 0 Å². The predicted molar refractivity (Wildman–Crippen MR) is 45.5 cm³/mol. The third-order valence-electron chi connectivity index (χ3n) is 1.82. The van der Waals surface area contributed by atoms with Crippen LogP contribution in [-0.4, -0.2) is 18.1 Å². The molecule has 0 bridgehead atoms. The second-order valence-corrected chi connectivity index (χ2v) is 2.92. The molecule has 0 N–H and O–H groups in total. The lowest BCUT2D eigenvalue weighted by molar-refractivity contribution is -0.143. The lowest BCUT2D eigenvalue weighted by Crippen LogP contribution is -2.16. The zero-order valence-corrected chi connectivity index (χ0v) is 8.39. The van der Waals surface area contributed by atoms with Crippen molar-refractivity contribution < 1.29 is 31.5 Å². The molecule has 0 spiro atoms. The standard InChI is InChI=1S/C9H6F5NO2/c1-17-8(16)5-3-2-4(7(10)11)6(15-5)9(12,13)14/h2-3,7H,1H3. The second-order valence-electron chi connectivity index (χ2n) is 2.92. The predicted octanol–water partition coefficient (Wildman–Crippen LogP) is 2.82. The first-order chi connectivity index (χ1) is 7.77. The third kappa shape index (κ3) is 2.89. The van der Waals surface area contributed by atoms with Crippen LogP contribution in [0.4, 0.5) is 22.0 Å². The summed E-state index contributed by atoms with van der Waals surface area (Å²) in [5, 5.41) is 0. The first-order valence-electron chi connectivity index (χ1n) is 4.22. The summed E-state index contributed by atoms with van der Waals surface area (Å²) >= 11 is 0. The Kier molecular flexibility index (Phi) is 3.64. The summed E-state index contributed by atoms with van der Waals surface area (Å²) in [6.07, 6.45) is -8.39. The molecule has 1 aromatic heterocycles. The van der Waals surface area contributed by atoms with Gasteiger partial charge in [0.1, 0.15) is 5.69 Å². The molecule has 3 nitrogen and oxygen atoms in total. The minimum atomic E-state index is -5.06. The summed E-state index contributed by atoms with van der Waals surface area (Å²) < 4.78 is 66.0. The van der Waals surface area contributed by atoms with Crippen molar-refractivity contribution in [3.05, 3.63) is 29.1 Å². The van der Waals surface area contributed by atoms with Gasteiger partial charge in [0.25, 0.3) is 6.43 Å². The SMILES string of the molecule is COC(=O)c1ccc(C(F)F)c(C(F)(F)F)n1. The smallest absolute Gasteiger partial charge is 0.433 e. The normalized spacial score (nSPS) is 11.7. The first-order valence-corrected chi connectivity index (χ1v) is 4.22. The van der Waals surface area contributed by atoms with Crippen LogP contribution >= 0.6 is 0 Å². The summed E-state index contributed by atoms with van der Waals surface area (Å²) in [5.41, 5.74) is -3.73. The second kappa shape index (κ2) is 4.64. The van der Waals surface area contributed by atoms with E-state index in [0.717, 1.165) is 13.2 Å². The summed E-state index contributed by atoms with van der Waals surface area (Å²) in [4.78, 5) is 13.8. The molecule has 0 saturated heterocycles. The van der Waals surface area contributed by atoms with Crippen molar-refractivity contribution in [3.8, 4) is 0 Å².